The number of carbonyl (C=O) groups excluding carboxylic acids is 1. The standard InChI is InChI=1S/C10H18O2/c1-3-10(8(2)11)9-4-6-12-7-5-9/h9-10H,3-7H2,1-2H3. The monoisotopic (exact) mass is 170 g/mol. The Morgan fingerprint density at radius 3 is 2.50 bits per heavy atom. The van der Waals surface area contributed by atoms with Crippen LogP contribution in [0.2, 0.25) is 0 Å². The summed E-state index contributed by atoms with van der Waals surface area (Å²) in [5.74, 6) is 1.22. The maximum absolute atomic E-state index is 11.2. The Hall–Kier alpha value is -0.370. The summed E-state index contributed by atoms with van der Waals surface area (Å²) in [5.41, 5.74) is 0. The SMILES string of the molecule is CCC(C(C)=O)C1CCOCC1. The molecule has 2 nitrogen and oxygen atoms in total. The number of rotatable bonds is 3. The van der Waals surface area contributed by atoms with E-state index >= 15 is 0 Å². The minimum absolute atomic E-state index is 0.286. The average molecular weight is 170 g/mol. The Labute approximate surface area is 74.3 Å². The number of hydrogen-bond acceptors (Lipinski definition) is 2. The third kappa shape index (κ3) is 2.31. The van der Waals surface area contributed by atoms with Crippen LogP contribution in [0.1, 0.15) is 33.1 Å². The van der Waals surface area contributed by atoms with E-state index in [-0.39, 0.29) is 5.92 Å². The van der Waals surface area contributed by atoms with E-state index in [1.165, 1.54) is 0 Å². The van der Waals surface area contributed by atoms with E-state index in [4.69, 9.17) is 4.74 Å². The Morgan fingerprint density at radius 2 is 2.08 bits per heavy atom. The molecule has 1 saturated heterocycles. The van der Waals surface area contributed by atoms with Gasteiger partial charge >= 0.3 is 0 Å². The zero-order chi connectivity index (χ0) is 8.97. The van der Waals surface area contributed by atoms with Gasteiger partial charge in [-0.05, 0) is 32.1 Å². The first-order chi connectivity index (χ1) is 5.75. The van der Waals surface area contributed by atoms with Crippen molar-refractivity contribution in [3.05, 3.63) is 0 Å². The second kappa shape index (κ2) is 4.61. The molecule has 0 saturated carbocycles. The highest BCUT2D eigenvalue weighted by Crippen LogP contribution is 2.26. The summed E-state index contributed by atoms with van der Waals surface area (Å²) in [4.78, 5) is 11.2. The molecule has 12 heavy (non-hydrogen) atoms. The summed E-state index contributed by atoms with van der Waals surface area (Å²) in [5, 5.41) is 0. The van der Waals surface area contributed by atoms with Crippen LogP contribution in [0.15, 0.2) is 0 Å². The first kappa shape index (κ1) is 9.72. The van der Waals surface area contributed by atoms with Crippen LogP contribution in [-0.2, 0) is 9.53 Å². The lowest BCUT2D eigenvalue weighted by Crippen LogP contribution is -2.27. The molecule has 1 heterocycles. The third-order valence-corrected chi connectivity index (χ3v) is 2.80. The predicted octanol–water partition coefficient (Wildman–Crippen LogP) is 2.03. The van der Waals surface area contributed by atoms with Crippen LogP contribution in [0, 0.1) is 11.8 Å². The normalized spacial score (nSPS) is 22.2. The second-order valence-corrected chi connectivity index (χ2v) is 3.58. The smallest absolute Gasteiger partial charge is 0.133 e. The summed E-state index contributed by atoms with van der Waals surface area (Å²) in [6.07, 6.45) is 3.12. The number of ether oxygens (including phenoxy) is 1. The summed E-state index contributed by atoms with van der Waals surface area (Å²) in [6.45, 7) is 5.49. The lowest BCUT2D eigenvalue weighted by atomic mass is 9.82. The molecule has 0 aliphatic carbocycles. The van der Waals surface area contributed by atoms with Crippen molar-refractivity contribution in [3.8, 4) is 0 Å². The van der Waals surface area contributed by atoms with Crippen LogP contribution in [0.5, 0.6) is 0 Å². The van der Waals surface area contributed by atoms with Crippen molar-refractivity contribution in [1.82, 2.24) is 0 Å². The van der Waals surface area contributed by atoms with Crippen LogP contribution in [0.3, 0.4) is 0 Å². The predicted molar refractivity (Wildman–Crippen MR) is 48.0 cm³/mol. The third-order valence-electron chi connectivity index (χ3n) is 2.80. The van der Waals surface area contributed by atoms with Gasteiger partial charge in [-0.15, -0.1) is 0 Å². The van der Waals surface area contributed by atoms with Gasteiger partial charge in [0.05, 0.1) is 0 Å². The van der Waals surface area contributed by atoms with Gasteiger partial charge in [-0.1, -0.05) is 6.92 Å². The Balaban J connectivity index is 2.46. The molecule has 0 spiro atoms. The van der Waals surface area contributed by atoms with Crippen molar-refractivity contribution in [2.45, 2.75) is 33.1 Å². The molecule has 0 bridgehead atoms. The molecular formula is C10H18O2. The minimum Gasteiger partial charge on any atom is -0.381 e. The van der Waals surface area contributed by atoms with E-state index in [0.29, 0.717) is 11.7 Å². The van der Waals surface area contributed by atoms with E-state index in [9.17, 15) is 4.79 Å². The quantitative estimate of drug-likeness (QED) is 0.647. The van der Waals surface area contributed by atoms with Crippen LogP contribution < -0.4 is 0 Å². The zero-order valence-corrected chi connectivity index (χ0v) is 8.01. The van der Waals surface area contributed by atoms with E-state index in [1.54, 1.807) is 6.92 Å². The summed E-state index contributed by atoms with van der Waals surface area (Å²) in [6, 6.07) is 0. The molecule has 0 aromatic rings. The fourth-order valence-corrected chi connectivity index (χ4v) is 2.07. The molecule has 1 atom stereocenters. The van der Waals surface area contributed by atoms with Crippen molar-refractivity contribution in [3.63, 3.8) is 0 Å². The van der Waals surface area contributed by atoms with Gasteiger partial charge in [0.15, 0.2) is 0 Å². The van der Waals surface area contributed by atoms with Crippen LogP contribution >= 0.6 is 0 Å². The highest BCUT2D eigenvalue weighted by Gasteiger charge is 2.25. The fraction of sp³-hybridized carbons (Fsp3) is 0.900. The number of ketones is 1. The highest BCUT2D eigenvalue weighted by molar-refractivity contribution is 5.78. The molecular weight excluding hydrogens is 152 g/mol. The molecule has 0 aromatic heterocycles. The number of Topliss-reactive ketones (excluding diaryl/α,β-unsaturated/α-hetero) is 1. The van der Waals surface area contributed by atoms with Gasteiger partial charge in [0.2, 0.25) is 0 Å². The van der Waals surface area contributed by atoms with Crippen LogP contribution in [0.4, 0.5) is 0 Å². The Bertz CT molecular complexity index is 148. The summed E-state index contributed by atoms with van der Waals surface area (Å²) >= 11 is 0. The van der Waals surface area contributed by atoms with Gasteiger partial charge in [-0.3, -0.25) is 4.79 Å². The van der Waals surface area contributed by atoms with Crippen molar-refractivity contribution >= 4 is 5.78 Å². The Kier molecular flexibility index (Phi) is 3.73. The highest BCUT2D eigenvalue weighted by atomic mass is 16.5. The van der Waals surface area contributed by atoms with Crippen molar-refractivity contribution < 1.29 is 9.53 Å². The lowest BCUT2D eigenvalue weighted by Gasteiger charge is -2.27. The van der Waals surface area contributed by atoms with Gasteiger partial charge in [0, 0.05) is 19.1 Å². The van der Waals surface area contributed by atoms with E-state index < -0.39 is 0 Å². The minimum atomic E-state index is 0.286. The molecule has 1 aliphatic heterocycles. The molecule has 1 unspecified atom stereocenters. The second-order valence-electron chi connectivity index (χ2n) is 3.58. The molecule has 1 fully saturated rings. The average Bonchev–Trinajstić information content (AvgIpc) is 2.07. The molecule has 0 radical (unpaired) electrons. The fourth-order valence-electron chi connectivity index (χ4n) is 2.07. The van der Waals surface area contributed by atoms with E-state index in [2.05, 4.69) is 6.92 Å². The molecule has 1 aliphatic rings. The van der Waals surface area contributed by atoms with Crippen LogP contribution in [-0.4, -0.2) is 19.0 Å². The molecule has 70 valence electrons. The van der Waals surface area contributed by atoms with Crippen molar-refractivity contribution in [1.29, 1.82) is 0 Å². The first-order valence-corrected chi connectivity index (χ1v) is 4.84. The lowest BCUT2D eigenvalue weighted by molar-refractivity contribution is -0.123. The topological polar surface area (TPSA) is 26.3 Å². The molecule has 2 heteroatoms. The van der Waals surface area contributed by atoms with Crippen molar-refractivity contribution in [2.75, 3.05) is 13.2 Å². The maximum atomic E-state index is 11.2. The largest absolute Gasteiger partial charge is 0.381 e. The van der Waals surface area contributed by atoms with Gasteiger partial charge < -0.3 is 4.74 Å². The van der Waals surface area contributed by atoms with Gasteiger partial charge in [0.25, 0.3) is 0 Å². The zero-order valence-electron chi connectivity index (χ0n) is 8.01. The number of hydrogen-bond donors (Lipinski definition) is 0. The van der Waals surface area contributed by atoms with Gasteiger partial charge in [0.1, 0.15) is 5.78 Å². The molecule has 0 N–H and O–H groups in total. The number of carbonyl (C=O) groups is 1. The van der Waals surface area contributed by atoms with Gasteiger partial charge in [-0.2, -0.15) is 0 Å². The summed E-state index contributed by atoms with van der Waals surface area (Å²) < 4.78 is 5.26. The molecule has 0 amide bonds. The van der Waals surface area contributed by atoms with Crippen molar-refractivity contribution in [2.24, 2.45) is 11.8 Å². The van der Waals surface area contributed by atoms with Crippen LogP contribution in [0.25, 0.3) is 0 Å². The molecule has 1 rings (SSSR count). The van der Waals surface area contributed by atoms with E-state index in [0.717, 1.165) is 32.5 Å². The van der Waals surface area contributed by atoms with Gasteiger partial charge in [-0.25, -0.2) is 0 Å². The maximum Gasteiger partial charge on any atom is 0.133 e. The Morgan fingerprint density at radius 1 is 1.50 bits per heavy atom. The molecule has 0 aromatic carbocycles. The summed E-state index contributed by atoms with van der Waals surface area (Å²) in [7, 11) is 0. The first-order valence-electron chi connectivity index (χ1n) is 4.84. The van der Waals surface area contributed by atoms with E-state index in [1.807, 2.05) is 0 Å².